The van der Waals surface area contributed by atoms with Gasteiger partial charge in [-0.15, -0.1) is 11.6 Å². The Bertz CT molecular complexity index is 611. The quantitative estimate of drug-likeness (QED) is 0.825. The normalized spacial score (nSPS) is 10.5. The lowest BCUT2D eigenvalue weighted by Crippen LogP contribution is -2.13. The Labute approximate surface area is 107 Å². The highest BCUT2D eigenvalue weighted by Gasteiger charge is 2.14. The van der Waals surface area contributed by atoms with Gasteiger partial charge >= 0.3 is 0 Å². The highest BCUT2D eigenvalue weighted by atomic mass is 35.5. The minimum atomic E-state index is -0.471. The predicted octanol–water partition coefficient (Wildman–Crippen LogP) is 2.53. The molecule has 0 spiro atoms. The molecule has 88 valence electrons. The number of hydrogen-bond donors (Lipinski definition) is 2. The van der Waals surface area contributed by atoms with E-state index in [4.69, 9.17) is 23.2 Å². The second-order valence-corrected chi connectivity index (χ2v) is 4.00. The van der Waals surface area contributed by atoms with E-state index < -0.39 is 5.56 Å². The maximum absolute atomic E-state index is 11.8. The van der Waals surface area contributed by atoms with Gasteiger partial charge in [-0.3, -0.25) is 4.79 Å². The van der Waals surface area contributed by atoms with E-state index in [-0.39, 0.29) is 23.1 Å². The summed E-state index contributed by atoms with van der Waals surface area (Å²) in [6.45, 7) is 0. The van der Waals surface area contributed by atoms with Crippen LogP contribution in [0.3, 0.4) is 0 Å². The van der Waals surface area contributed by atoms with Crippen LogP contribution in [0.1, 0.15) is 5.82 Å². The van der Waals surface area contributed by atoms with Gasteiger partial charge in [-0.25, -0.2) is 0 Å². The minimum Gasteiger partial charge on any atom is -0.493 e. The molecular weight excluding hydrogens is 263 g/mol. The van der Waals surface area contributed by atoms with Crippen molar-refractivity contribution in [2.45, 2.75) is 5.88 Å². The molecule has 0 saturated carbocycles. The van der Waals surface area contributed by atoms with E-state index in [1.165, 1.54) is 0 Å². The predicted molar refractivity (Wildman–Crippen MR) is 66.5 cm³/mol. The Kier molecular flexibility index (Phi) is 3.36. The summed E-state index contributed by atoms with van der Waals surface area (Å²) in [6.07, 6.45) is 0. The standard InChI is InChI=1S/C11H8Cl2N2O2/c12-5-8-14-10(16)9(11(17)15-8)6-3-1-2-4-7(6)13/h1-4H,5H2,(H2,14,15,16,17). The molecule has 2 N–H and O–H groups in total. The molecule has 0 fully saturated rings. The minimum absolute atomic E-state index is 0.0194. The molecule has 2 aromatic rings. The Balaban J connectivity index is 2.69. The van der Waals surface area contributed by atoms with Crippen molar-refractivity contribution in [2.24, 2.45) is 0 Å². The zero-order valence-electron chi connectivity index (χ0n) is 8.58. The Morgan fingerprint density at radius 1 is 1.35 bits per heavy atom. The third kappa shape index (κ3) is 2.28. The number of hydrogen-bond acceptors (Lipinski definition) is 3. The molecule has 0 radical (unpaired) electrons. The summed E-state index contributed by atoms with van der Waals surface area (Å²) in [6, 6.07) is 6.72. The van der Waals surface area contributed by atoms with E-state index in [0.717, 1.165) is 0 Å². The van der Waals surface area contributed by atoms with Crippen LogP contribution < -0.4 is 5.56 Å². The van der Waals surface area contributed by atoms with Crippen LogP contribution >= 0.6 is 23.2 Å². The highest BCUT2D eigenvalue weighted by molar-refractivity contribution is 6.33. The summed E-state index contributed by atoms with van der Waals surface area (Å²) >= 11 is 11.5. The molecule has 0 aliphatic carbocycles. The van der Waals surface area contributed by atoms with Gasteiger partial charge in [0.15, 0.2) is 0 Å². The second-order valence-electron chi connectivity index (χ2n) is 3.32. The molecule has 0 saturated heterocycles. The van der Waals surface area contributed by atoms with Gasteiger partial charge < -0.3 is 10.1 Å². The van der Waals surface area contributed by atoms with E-state index in [0.29, 0.717) is 10.6 Å². The molecule has 17 heavy (non-hydrogen) atoms. The fourth-order valence-electron chi connectivity index (χ4n) is 1.48. The molecule has 1 heterocycles. The zero-order chi connectivity index (χ0) is 12.4. The van der Waals surface area contributed by atoms with Crippen LogP contribution in [0, 0.1) is 0 Å². The molecule has 1 aromatic carbocycles. The average Bonchev–Trinajstić information content (AvgIpc) is 2.30. The molecule has 0 aliphatic rings. The summed E-state index contributed by atoms with van der Waals surface area (Å²) < 4.78 is 0. The van der Waals surface area contributed by atoms with E-state index in [2.05, 4.69) is 9.97 Å². The topological polar surface area (TPSA) is 66.0 Å². The average molecular weight is 271 g/mol. The maximum atomic E-state index is 11.8. The molecule has 0 unspecified atom stereocenters. The number of aromatic amines is 1. The van der Waals surface area contributed by atoms with Crippen LogP contribution in [0.15, 0.2) is 29.1 Å². The first-order valence-corrected chi connectivity index (χ1v) is 5.67. The van der Waals surface area contributed by atoms with Crippen molar-refractivity contribution in [2.75, 3.05) is 0 Å². The van der Waals surface area contributed by atoms with Crippen LogP contribution in [-0.2, 0) is 5.88 Å². The van der Waals surface area contributed by atoms with Crippen molar-refractivity contribution >= 4 is 23.2 Å². The number of halogens is 2. The van der Waals surface area contributed by atoms with E-state index >= 15 is 0 Å². The van der Waals surface area contributed by atoms with Gasteiger partial charge in [0.25, 0.3) is 5.56 Å². The van der Waals surface area contributed by atoms with Crippen LogP contribution in [0.2, 0.25) is 5.02 Å². The lowest BCUT2D eigenvalue weighted by Gasteiger charge is -2.06. The summed E-state index contributed by atoms with van der Waals surface area (Å²) in [5, 5.41) is 10.1. The molecule has 6 heteroatoms. The third-order valence-corrected chi connectivity index (χ3v) is 2.80. The van der Waals surface area contributed by atoms with E-state index in [1.807, 2.05) is 0 Å². The monoisotopic (exact) mass is 270 g/mol. The number of benzene rings is 1. The number of nitrogens with one attached hydrogen (secondary N) is 1. The SMILES string of the molecule is O=c1[nH]c(CCl)nc(O)c1-c1ccccc1Cl. The van der Waals surface area contributed by atoms with Crippen LogP contribution in [0.5, 0.6) is 5.88 Å². The first kappa shape index (κ1) is 12.0. The van der Waals surface area contributed by atoms with Gasteiger partial charge in [0.1, 0.15) is 11.4 Å². The van der Waals surface area contributed by atoms with Gasteiger partial charge in [-0.2, -0.15) is 4.98 Å². The van der Waals surface area contributed by atoms with Crippen LogP contribution in [0.4, 0.5) is 0 Å². The summed E-state index contributed by atoms with van der Waals surface area (Å²) in [5.74, 6) is -0.145. The van der Waals surface area contributed by atoms with Gasteiger partial charge in [0, 0.05) is 10.6 Å². The smallest absolute Gasteiger partial charge is 0.262 e. The largest absolute Gasteiger partial charge is 0.493 e. The van der Waals surface area contributed by atoms with Crippen molar-refractivity contribution in [3.8, 4) is 17.0 Å². The fourth-order valence-corrected chi connectivity index (χ4v) is 1.83. The van der Waals surface area contributed by atoms with Crippen LogP contribution in [0.25, 0.3) is 11.1 Å². The number of rotatable bonds is 2. The van der Waals surface area contributed by atoms with E-state index in [9.17, 15) is 9.90 Å². The molecule has 0 aliphatic heterocycles. The number of alkyl halides is 1. The molecule has 4 nitrogen and oxygen atoms in total. The Morgan fingerprint density at radius 3 is 2.65 bits per heavy atom. The van der Waals surface area contributed by atoms with Gasteiger partial charge in [0.05, 0.1) is 5.88 Å². The second kappa shape index (κ2) is 4.77. The van der Waals surface area contributed by atoms with E-state index in [1.54, 1.807) is 24.3 Å². The molecule has 0 amide bonds. The van der Waals surface area contributed by atoms with Crippen molar-refractivity contribution in [3.63, 3.8) is 0 Å². The lowest BCUT2D eigenvalue weighted by molar-refractivity contribution is 0.451. The zero-order valence-corrected chi connectivity index (χ0v) is 10.1. The molecule has 0 bridgehead atoms. The number of aromatic nitrogens is 2. The number of nitrogens with zero attached hydrogens (tertiary/aromatic N) is 1. The van der Waals surface area contributed by atoms with Crippen molar-refractivity contribution in [1.29, 1.82) is 0 Å². The van der Waals surface area contributed by atoms with Gasteiger partial charge in [-0.1, -0.05) is 29.8 Å². The highest BCUT2D eigenvalue weighted by Crippen LogP contribution is 2.29. The Morgan fingerprint density at radius 2 is 2.06 bits per heavy atom. The molecule has 0 atom stereocenters. The van der Waals surface area contributed by atoms with Gasteiger partial charge in [-0.05, 0) is 6.07 Å². The first-order chi connectivity index (χ1) is 8.13. The molecular formula is C11H8Cl2N2O2. The molecule has 2 rings (SSSR count). The fraction of sp³-hybridized carbons (Fsp3) is 0.0909. The third-order valence-electron chi connectivity index (χ3n) is 2.22. The van der Waals surface area contributed by atoms with Crippen molar-refractivity contribution in [1.82, 2.24) is 9.97 Å². The number of aromatic hydroxyl groups is 1. The van der Waals surface area contributed by atoms with Crippen molar-refractivity contribution in [3.05, 3.63) is 45.5 Å². The summed E-state index contributed by atoms with van der Waals surface area (Å²) in [7, 11) is 0. The summed E-state index contributed by atoms with van der Waals surface area (Å²) in [5.41, 5.74) is 0.00672. The first-order valence-electron chi connectivity index (χ1n) is 4.76. The van der Waals surface area contributed by atoms with Gasteiger partial charge in [0.2, 0.25) is 5.88 Å². The maximum Gasteiger partial charge on any atom is 0.262 e. The lowest BCUT2D eigenvalue weighted by atomic mass is 10.1. The van der Waals surface area contributed by atoms with Crippen molar-refractivity contribution < 1.29 is 5.11 Å². The summed E-state index contributed by atoms with van der Waals surface area (Å²) in [4.78, 5) is 18.1. The molecule has 1 aromatic heterocycles. The Hall–Kier alpha value is -1.52. The number of H-pyrrole nitrogens is 1. The van der Waals surface area contributed by atoms with Crippen LogP contribution in [-0.4, -0.2) is 15.1 Å².